The first-order valence-electron chi connectivity index (χ1n) is 9.51. The molecule has 33 heavy (non-hydrogen) atoms. The van der Waals surface area contributed by atoms with Gasteiger partial charge in [-0.2, -0.15) is 4.68 Å². The summed E-state index contributed by atoms with van der Waals surface area (Å²) in [7, 11) is -3.90. The Labute approximate surface area is 188 Å². The molecule has 0 saturated carbocycles. The maximum atomic E-state index is 12.8. The summed E-state index contributed by atoms with van der Waals surface area (Å²) >= 11 is 0. The second-order valence-electron chi connectivity index (χ2n) is 6.95. The fraction of sp³-hybridized carbons (Fsp3) is 0. The summed E-state index contributed by atoms with van der Waals surface area (Å²) in [5.74, 6) is -0.759. The van der Waals surface area contributed by atoms with E-state index in [1.807, 2.05) is 0 Å². The lowest BCUT2D eigenvalue weighted by atomic mass is 10.1. The fourth-order valence-electron chi connectivity index (χ4n) is 3.18. The number of aromatic nitrogens is 4. The summed E-state index contributed by atoms with van der Waals surface area (Å²) in [5, 5.41) is 26.8. The van der Waals surface area contributed by atoms with Gasteiger partial charge in [-0.15, -0.1) is 5.10 Å². The molecule has 12 heteroatoms. The van der Waals surface area contributed by atoms with Crippen LogP contribution >= 0.6 is 0 Å². The highest BCUT2D eigenvalue weighted by Crippen LogP contribution is 2.27. The molecule has 0 fully saturated rings. The number of nitrogens with zero attached hydrogens (tertiary/aromatic N) is 4. The molecule has 0 aliphatic carbocycles. The first kappa shape index (κ1) is 21.8. The van der Waals surface area contributed by atoms with Gasteiger partial charge in [0.2, 0.25) is 15.8 Å². The quantitative estimate of drug-likeness (QED) is 0.247. The molecule has 11 nitrogen and oxygen atoms in total. The average molecular weight is 462 g/mol. The maximum Gasteiger partial charge on any atom is 0.295 e. The molecule has 1 heterocycles. The molecular weight excluding hydrogens is 444 g/mol. The number of hydrogen-bond acceptors (Lipinski definition) is 7. The zero-order valence-corrected chi connectivity index (χ0v) is 17.8. The lowest BCUT2D eigenvalue weighted by Crippen LogP contribution is -2.18. The van der Waals surface area contributed by atoms with Gasteiger partial charge in [0.15, 0.2) is 0 Å². The van der Waals surface area contributed by atoms with E-state index in [9.17, 15) is 13.2 Å². The second-order valence-corrected chi connectivity index (χ2v) is 8.48. The number of nitrogens with one attached hydrogen (secondary N) is 2. The molecule has 0 aliphatic heterocycles. The Bertz CT molecular complexity index is 1460. The van der Waals surface area contributed by atoms with Crippen molar-refractivity contribution in [2.24, 2.45) is 10.9 Å². The van der Waals surface area contributed by atoms with Gasteiger partial charge in [0.05, 0.1) is 10.6 Å². The Kier molecular flexibility index (Phi) is 5.69. The summed E-state index contributed by atoms with van der Waals surface area (Å²) in [6, 6.07) is 19.6. The predicted octanol–water partition coefficient (Wildman–Crippen LogP) is 1.51. The van der Waals surface area contributed by atoms with E-state index < -0.39 is 15.9 Å². The van der Waals surface area contributed by atoms with Crippen LogP contribution in [0, 0.1) is 5.41 Å². The Morgan fingerprint density at radius 2 is 1.73 bits per heavy atom. The minimum Gasteiger partial charge on any atom is -0.384 e. The third kappa shape index (κ3) is 4.61. The van der Waals surface area contributed by atoms with Gasteiger partial charge in [0.25, 0.3) is 5.91 Å². The van der Waals surface area contributed by atoms with Crippen molar-refractivity contribution in [1.29, 1.82) is 5.41 Å². The van der Waals surface area contributed by atoms with Crippen molar-refractivity contribution < 1.29 is 13.2 Å². The second kappa shape index (κ2) is 8.61. The number of rotatable bonds is 6. The minimum atomic E-state index is -3.90. The number of tetrazole rings is 1. The molecule has 0 bridgehead atoms. The van der Waals surface area contributed by atoms with Crippen molar-refractivity contribution in [2.75, 3.05) is 5.32 Å². The number of hydrogen-bond donors (Lipinski definition) is 4. The van der Waals surface area contributed by atoms with Gasteiger partial charge in [0.1, 0.15) is 5.84 Å². The summed E-state index contributed by atoms with van der Waals surface area (Å²) in [6.45, 7) is 0. The Morgan fingerprint density at radius 1 is 1.00 bits per heavy atom. The molecule has 3 aromatic carbocycles. The van der Waals surface area contributed by atoms with Gasteiger partial charge >= 0.3 is 0 Å². The minimum absolute atomic E-state index is 0.00810. The molecule has 0 radical (unpaired) electrons. The van der Waals surface area contributed by atoms with Gasteiger partial charge in [0, 0.05) is 16.8 Å². The van der Waals surface area contributed by atoms with Gasteiger partial charge in [-0.05, 0) is 46.3 Å². The Morgan fingerprint density at radius 3 is 2.42 bits per heavy atom. The SMILES string of the molecule is N=C(N)c1cccc(-n2nnnc2C(=O)Nc2ccc(-c3ccccc3S(N)(=O)=O)cc2)c1. The molecule has 4 rings (SSSR count). The van der Waals surface area contributed by atoms with Crippen LogP contribution in [0.15, 0.2) is 77.7 Å². The Balaban J connectivity index is 1.58. The number of nitrogens with two attached hydrogens (primary N) is 2. The molecule has 166 valence electrons. The normalized spacial score (nSPS) is 11.2. The summed E-state index contributed by atoms with van der Waals surface area (Å²) in [4.78, 5) is 12.8. The van der Waals surface area contributed by atoms with E-state index in [1.54, 1.807) is 66.7 Å². The van der Waals surface area contributed by atoms with E-state index in [2.05, 4.69) is 20.8 Å². The number of benzene rings is 3. The lowest BCUT2D eigenvalue weighted by Gasteiger charge is -2.10. The van der Waals surface area contributed by atoms with Gasteiger partial charge in [-0.25, -0.2) is 13.6 Å². The monoisotopic (exact) mass is 462 g/mol. The number of anilines is 1. The third-order valence-electron chi connectivity index (χ3n) is 4.72. The van der Waals surface area contributed by atoms with Crippen LogP contribution in [0.25, 0.3) is 16.8 Å². The number of nitrogen functional groups attached to an aromatic ring is 1. The van der Waals surface area contributed by atoms with E-state index in [0.717, 1.165) is 0 Å². The summed E-state index contributed by atoms with van der Waals surface area (Å²) in [6.07, 6.45) is 0. The van der Waals surface area contributed by atoms with Gasteiger partial charge in [-0.3, -0.25) is 10.2 Å². The molecule has 0 aliphatic rings. The number of primary sulfonamides is 1. The Hall–Kier alpha value is -4.42. The highest BCUT2D eigenvalue weighted by Gasteiger charge is 2.18. The standard InChI is InChI=1S/C21H18N8O3S/c22-19(23)14-4-3-5-16(12-14)29-20(26-27-28-29)21(30)25-15-10-8-13(9-11-15)17-6-1-2-7-18(17)33(24,31)32/h1-12H,(H3,22,23)(H,25,30)(H2,24,31,32). The highest BCUT2D eigenvalue weighted by atomic mass is 32.2. The highest BCUT2D eigenvalue weighted by molar-refractivity contribution is 7.89. The predicted molar refractivity (Wildman–Crippen MR) is 121 cm³/mol. The lowest BCUT2D eigenvalue weighted by molar-refractivity contribution is 0.101. The van der Waals surface area contributed by atoms with Crippen molar-refractivity contribution in [1.82, 2.24) is 20.2 Å². The average Bonchev–Trinajstić information content (AvgIpc) is 3.29. The van der Waals surface area contributed by atoms with E-state index in [1.165, 1.54) is 10.7 Å². The van der Waals surface area contributed by atoms with Gasteiger partial charge in [-0.1, -0.05) is 42.5 Å². The smallest absolute Gasteiger partial charge is 0.295 e. The molecule has 0 atom stereocenters. The third-order valence-corrected chi connectivity index (χ3v) is 5.69. The summed E-state index contributed by atoms with van der Waals surface area (Å²) in [5.41, 5.74) is 7.97. The van der Waals surface area contributed by atoms with Crippen LogP contribution in [0.3, 0.4) is 0 Å². The van der Waals surface area contributed by atoms with Crippen LogP contribution in [0.2, 0.25) is 0 Å². The zero-order chi connectivity index (χ0) is 23.6. The molecule has 4 aromatic rings. The summed E-state index contributed by atoms with van der Waals surface area (Å²) < 4.78 is 25.0. The van der Waals surface area contributed by atoms with Crippen LogP contribution < -0.4 is 16.2 Å². The van der Waals surface area contributed by atoms with Crippen LogP contribution in [-0.4, -0.2) is 40.4 Å². The van der Waals surface area contributed by atoms with Crippen molar-refractivity contribution in [3.05, 3.63) is 84.2 Å². The van der Waals surface area contributed by atoms with Crippen molar-refractivity contribution in [3.8, 4) is 16.8 Å². The van der Waals surface area contributed by atoms with Crippen LogP contribution in [0.5, 0.6) is 0 Å². The first-order valence-corrected chi connectivity index (χ1v) is 11.1. The van der Waals surface area contributed by atoms with E-state index in [0.29, 0.717) is 28.1 Å². The van der Waals surface area contributed by atoms with Crippen LogP contribution in [0.1, 0.15) is 16.2 Å². The number of amides is 1. The maximum absolute atomic E-state index is 12.8. The van der Waals surface area contributed by atoms with E-state index >= 15 is 0 Å². The van der Waals surface area contributed by atoms with Crippen molar-refractivity contribution in [3.63, 3.8) is 0 Å². The number of sulfonamides is 1. The number of amidine groups is 1. The molecule has 6 N–H and O–H groups in total. The van der Waals surface area contributed by atoms with Gasteiger partial charge < -0.3 is 11.1 Å². The van der Waals surface area contributed by atoms with E-state index in [-0.39, 0.29) is 16.6 Å². The topological polar surface area (TPSA) is 183 Å². The zero-order valence-electron chi connectivity index (χ0n) is 17.0. The van der Waals surface area contributed by atoms with Crippen LogP contribution in [-0.2, 0) is 10.0 Å². The van der Waals surface area contributed by atoms with Crippen LogP contribution in [0.4, 0.5) is 5.69 Å². The largest absolute Gasteiger partial charge is 0.384 e. The van der Waals surface area contributed by atoms with E-state index in [4.69, 9.17) is 16.3 Å². The molecular formula is C21H18N8O3S. The number of carbonyl (C=O) groups excluding carboxylic acids is 1. The first-order chi connectivity index (χ1) is 15.7. The van der Waals surface area contributed by atoms with Crippen molar-refractivity contribution in [2.45, 2.75) is 4.90 Å². The molecule has 0 saturated heterocycles. The molecule has 0 spiro atoms. The fourth-order valence-corrected chi connectivity index (χ4v) is 3.94. The van der Waals surface area contributed by atoms with Crippen molar-refractivity contribution >= 4 is 27.5 Å². The molecule has 1 amide bonds. The molecule has 0 unspecified atom stereocenters. The number of carbonyl (C=O) groups is 1. The molecule has 1 aromatic heterocycles.